The molecule has 0 heterocycles. The van der Waals surface area contributed by atoms with Gasteiger partial charge in [-0.3, -0.25) is 10.1 Å². The van der Waals surface area contributed by atoms with Crippen LogP contribution in [-0.2, 0) is 19.0 Å². The molecule has 0 saturated carbocycles. The van der Waals surface area contributed by atoms with Gasteiger partial charge in [0.1, 0.15) is 11.9 Å². The monoisotopic (exact) mass is 497 g/mol. The molecule has 0 aromatic heterocycles. The summed E-state index contributed by atoms with van der Waals surface area (Å²) in [7, 11) is 0. The van der Waals surface area contributed by atoms with E-state index in [0.29, 0.717) is 22.3 Å². The highest BCUT2D eigenvalue weighted by Crippen LogP contribution is 2.34. The van der Waals surface area contributed by atoms with E-state index in [1.165, 1.54) is 6.07 Å². The number of rotatable bonds is 10. The molecule has 9 heteroatoms. The molecule has 2 aromatic rings. The maximum absolute atomic E-state index is 12.6. The van der Waals surface area contributed by atoms with Gasteiger partial charge in [-0.15, -0.1) is 0 Å². The molecule has 2 N–H and O–H groups in total. The van der Waals surface area contributed by atoms with Gasteiger partial charge >= 0.3 is 12.1 Å². The van der Waals surface area contributed by atoms with Crippen molar-refractivity contribution in [1.29, 1.82) is 0 Å². The average Bonchev–Trinajstić information content (AvgIpc) is 2.74. The number of esters is 1. The van der Waals surface area contributed by atoms with Crippen molar-refractivity contribution in [2.75, 3.05) is 24.3 Å². The van der Waals surface area contributed by atoms with E-state index in [1.54, 1.807) is 43.3 Å². The van der Waals surface area contributed by atoms with Crippen LogP contribution in [0.15, 0.2) is 53.0 Å². The number of benzene rings is 2. The largest absolute Gasteiger partial charge is 0.508 e. The number of hydrogen-bond acceptors (Lipinski definition) is 7. The normalized spacial score (nSPS) is 12.6. The van der Waals surface area contributed by atoms with Gasteiger partial charge in [0.05, 0.1) is 12.4 Å². The molecule has 30 heavy (non-hydrogen) atoms. The number of phenols is 1. The van der Waals surface area contributed by atoms with Crippen molar-refractivity contribution in [2.24, 2.45) is 0 Å². The smallest absolute Gasteiger partial charge is 0.412 e. The first-order chi connectivity index (χ1) is 14.4. The summed E-state index contributed by atoms with van der Waals surface area (Å²) < 4.78 is 17.2. The van der Waals surface area contributed by atoms with Crippen LogP contribution >= 0.6 is 28.6 Å². The van der Waals surface area contributed by atoms with Gasteiger partial charge in [0.25, 0.3) is 0 Å². The third-order valence-electron chi connectivity index (χ3n) is 4.06. The van der Waals surface area contributed by atoms with Gasteiger partial charge in [-0.2, -0.15) is 12.6 Å². The summed E-state index contributed by atoms with van der Waals surface area (Å²) in [4.78, 5) is 23.9. The van der Waals surface area contributed by atoms with Crippen LogP contribution < -0.4 is 5.32 Å². The number of carbonyl (C=O) groups is 2. The Morgan fingerprint density at radius 2 is 1.93 bits per heavy atom. The molecule has 1 amide bonds. The van der Waals surface area contributed by atoms with Crippen LogP contribution in [0, 0.1) is 0 Å². The van der Waals surface area contributed by atoms with Crippen LogP contribution in [-0.4, -0.2) is 42.2 Å². The quantitative estimate of drug-likeness (QED) is 0.325. The number of para-hydroxylation sites is 1. The Kier molecular flexibility index (Phi) is 9.99. The standard InChI is InChI=1S/C21H24BrNO6S/c1-2-27-18(10-11-28-19(25)13-30)20(16-12-14(22)8-9-17(16)24)29-21(26)23-15-6-4-3-5-7-15/h3-9,12,18,20,24,30H,2,10-11,13H2,1H3,(H,23,26)/t18-,20-/m1/s1. The second kappa shape index (κ2) is 12.5. The number of thiol groups is 1. The molecule has 0 saturated heterocycles. The number of phenolic OH excluding ortho intramolecular Hbond substituents is 1. The van der Waals surface area contributed by atoms with E-state index in [4.69, 9.17) is 14.2 Å². The lowest BCUT2D eigenvalue weighted by atomic mass is 10.0. The predicted molar refractivity (Wildman–Crippen MR) is 120 cm³/mol. The lowest BCUT2D eigenvalue weighted by Crippen LogP contribution is -2.30. The van der Waals surface area contributed by atoms with Gasteiger partial charge in [0.2, 0.25) is 0 Å². The van der Waals surface area contributed by atoms with Gasteiger partial charge in [-0.1, -0.05) is 34.1 Å². The van der Waals surface area contributed by atoms with Crippen molar-refractivity contribution < 1.29 is 28.9 Å². The summed E-state index contributed by atoms with van der Waals surface area (Å²) in [6, 6.07) is 13.7. The van der Waals surface area contributed by atoms with Crippen LogP contribution in [0.5, 0.6) is 5.75 Å². The predicted octanol–water partition coefficient (Wildman–Crippen LogP) is 4.71. The van der Waals surface area contributed by atoms with Crippen molar-refractivity contribution in [1.82, 2.24) is 0 Å². The Hall–Kier alpha value is -2.23. The fourth-order valence-corrected chi connectivity index (χ4v) is 3.22. The highest BCUT2D eigenvalue weighted by atomic mass is 79.9. The zero-order chi connectivity index (χ0) is 21.9. The number of amides is 1. The fraction of sp³-hybridized carbons (Fsp3) is 0.333. The molecule has 162 valence electrons. The molecule has 0 radical (unpaired) electrons. The van der Waals surface area contributed by atoms with Crippen molar-refractivity contribution in [3.63, 3.8) is 0 Å². The van der Waals surface area contributed by atoms with Crippen LogP contribution in [0.4, 0.5) is 10.5 Å². The van der Waals surface area contributed by atoms with E-state index in [1.807, 2.05) is 6.07 Å². The highest BCUT2D eigenvalue weighted by molar-refractivity contribution is 9.10. The molecule has 0 aliphatic carbocycles. The summed E-state index contributed by atoms with van der Waals surface area (Å²) in [6.07, 6.45) is -2.06. The van der Waals surface area contributed by atoms with Crippen LogP contribution in [0.1, 0.15) is 25.0 Å². The maximum atomic E-state index is 12.6. The zero-order valence-electron chi connectivity index (χ0n) is 16.4. The Labute approximate surface area is 189 Å². The SMILES string of the molecule is CCO[C@H](CCOC(=O)CS)[C@H](OC(=O)Nc1ccccc1)c1cc(Br)ccc1O. The summed E-state index contributed by atoms with van der Waals surface area (Å²) in [6.45, 7) is 2.19. The van der Waals surface area contributed by atoms with Crippen molar-refractivity contribution in [2.45, 2.75) is 25.6 Å². The first kappa shape index (κ1) is 24.0. The highest BCUT2D eigenvalue weighted by Gasteiger charge is 2.30. The molecule has 0 aliphatic heterocycles. The topological polar surface area (TPSA) is 94.1 Å². The molecule has 0 bridgehead atoms. The third-order valence-corrected chi connectivity index (χ3v) is 4.81. The summed E-state index contributed by atoms with van der Waals surface area (Å²) >= 11 is 7.24. The lowest BCUT2D eigenvalue weighted by Gasteiger charge is -2.28. The summed E-state index contributed by atoms with van der Waals surface area (Å²) in [5, 5.41) is 13.0. The first-order valence-corrected chi connectivity index (χ1v) is 10.8. The first-order valence-electron chi connectivity index (χ1n) is 9.33. The van der Waals surface area contributed by atoms with Crippen molar-refractivity contribution >= 4 is 46.3 Å². The van der Waals surface area contributed by atoms with E-state index in [9.17, 15) is 14.7 Å². The molecule has 0 spiro atoms. The number of carbonyl (C=O) groups excluding carboxylic acids is 2. The maximum Gasteiger partial charge on any atom is 0.412 e. The average molecular weight is 498 g/mol. The molecule has 2 atom stereocenters. The van der Waals surface area contributed by atoms with E-state index in [2.05, 4.69) is 33.9 Å². The van der Waals surface area contributed by atoms with Gasteiger partial charge < -0.3 is 19.3 Å². The molecule has 0 unspecified atom stereocenters. The minimum Gasteiger partial charge on any atom is -0.508 e. The Morgan fingerprint density at radius 3 is 2.60 bits per heavy atom. The number of nitrogens with one attached hydrogen (secondary N) is 1. The fourth-order valence-electron chi connectivity index (χ4n) is 2.75. The number of anilines is 1. The second-order valence-electron chi connectivity index (χ2n) is 6.18. The lowest BCUT2D eigenvalue weighted by molar-refractivity contribution is -0.142. The number of halogens is 1. The second-order valence-corrected chi connectivity index (χ2v) is 7.41. The van der Waals surface area contributed by atoms with E-state index in [-0.39, 0.29) is 24.5 Å². The van der Waals surface area contributed by atoms with Crippen molar-refractivity contribution in [3.8, 4) is 5.75 Å². The van der Waals surface area contributed by atoms with Crippen LogP contribution in [0.2, 0.25) is 0 Å². The van der Waals surface area contributed by atoms with E-state index < -0.39 is 24.3 Å². The minimum atomic E-state index is -0.944. The van der Waals surface area contributed by atoms with Gasteiger partial charge in [0, 0.05) is 28.8 Å². The zero-order valence-corrected chi connectivity index (χ0v) is 18.9. The molecule has 0 aliphatic rings. The van der Waals surface area contributed by atoms with Gasteiger partial charge in [-0.25, -0.2) is 4.79 Å². The molecular formula is C21H24BrNO6S. The van der Waals surface area contributed by atoms with Crippen LogP contribution in [0.3, 0.4) is 0 Å². The third kappa shape index (κ3) is 7.55. The van der Waals surface area contributed by atoms with Crippen LogP contribution in [0.25, 0.3) is 0 Å². The van der Waals surface area contributed by atoms with E-state index in [0.717, 1.165) is 0 Å². The Morgan fingerprint density at radius 1 is 1.20 bits per heavy atom. The molecule has 2 rings (SSSR count). The van der Waals surface area contributed by atoms with E-state index >= 15 is 0 Å². The molecule has 2 aromatic carbocycles. The Balaban J connectivity index is 2.24. The van der Waals surface area contributed by atoms with Crippen molar-refractivity contribution in [3.05, 3.63) is 58.6 Å². The van der Waals surface area contributed by atoms with Gasteiger partial charge in [-0.05, 0) is 37.3 Å². The molecule has 7 nitrogen and oxygen atoms in total. The number of ether oxygens (including phenoxy) is 3. The Bertz CT molecular complexity index is 836. The summed E-state index contributed by atoms with van der Waals surface area (Å²) in [5.41, 5.74) is 0.932. The minimum absolute atomic E-state index is 0.0366. The molecule has 0 fully saturated rings. The number of hydrogen-bond donors (Lipinski definition) is 3. The number of aromatic hydroxyl groups is 1. The summed E-state index contributed by atoms with van der Waals surface area (Å²) in [5.74, 6) is -0.545. The molecular weight excluding hydrogens is 474 g/mol. The van der Waals surface area contributed by atoms with Gasteiger partial charge in [0.15, 0.2) is 6.10 Å².